The van der Waals surface area contributed by atoms with Crippen LogP contribution in [0.3, 0.4) is 0 Å². The number of rotatable bonds is 47. The molecule has 3 unspecified atom stereocenters. The average Bonchev–Trinajstić information content (AvgIpc) is 3.19. The molecule has 0 radical (unpaired) electrons. The van der Waals surface area contributed by atoms with Gasteiger partial charge in [-0.2, -0.15) is 0 Å². The van der Waals surface area contributed by atoms with Crippen LogP contribution in [0.15, 0.2) is 12.2 Å². The number of nitrogens with one attached hydrogen (secondary N) is 1. The third kappa shape index (κ3) is 45.1. The van der Waals surface area contributed by atoms with Gasteiger partial charge in [0.05, 0.1) is 39.9 Å². The van der Waals surface area contributed by atoms with E-state index in [1.165, 1.54) is 186 Å². The van der Waals surface area contributed by atoms with Crippen molar-refractivity contribution in [1.29, 1.82) is 0 Å². The summed E-state index contributed by atoms with van der Waals surface area (Å²) in [6.45, 7) is 4.75. The lowest BCUT2D eigenvalue weighted by molar-refractivity contribution is -0.870. The van der Waals surface area contributed by atoms with Gasteiger partial charge in [-0.15, -0.1) is 0 Å². The Morgan fingerprint density at radius 3 is 1.32 bits per heavy atom. The molecule has 0 spiro atoms. The quantitative estimate of drug-likeness (QED) is 0.0273. The van der Waals surface area contributed by atoms with Gasteiger partial charge in [-0.25, -0.2) is 0 Å². The van der Waals surface area contributed by atoms with Gasteiger partial charge < -0.3 is 28.8 Å². The van der Waals surface area contributed by atoms with Crippen molar-refractivity contribution < 1.29 is 32.9 Å². The monoisotopic (exact) mass is 857 g/mol. The molecule has 0 aliphatic carbocycles. The van der Waals surface area contributed by atoms with Crippen molar-refractivity contribution in [3.63, 3.8) is 0 Å². The summed E-state index contributed by atoms with van der Waals surface area (Å²) < 4.78 is 23.3. The molecule has 0 aromatic heterocycles. The maximum absolute atomic E-state index is 12.9. The number of unbranched alkanes of at least 4 members (excludes halogenated alkanes) is 32. The summed E-state index contributed by atoms with van der Waals surface area (Å²) in [5.41, 5.74) is 0. The molecule has 2 N–H and O–H groups in total. The highest BCUT2D eigenvalue weighted by molar-refractivity contribution is 7.45. The number of aliphatic hydroxyl groups is 1. The number of hydrogen-bond donors (Lipinski definition) is 2. The summed E-state index contributed by atoms with van der Waals surface area (Å²) in [6.07, 6.45) is 49.3. The Hall–Kier alpha value is -0.760. The summed E-state index contributed by atoms with van der Waals surface area (Å²) in [5.74, 6) is -0.164. The molecular formula is C50H101N2O6P. The number of allylic oxidation sites excluding steroid dienone is 2. The van der Waals surface area contributed by atoms with E-state index >= 15 is 0 Å². The van der Waals surface area contributed by atoms with Gasteiger partial charge in [0.15, 0.2) is 0 Å². The van der Waals surface area contributed by atoms with Crippen molar-refractivity contribution in [1.82, 2.24) is 5.32 Å². The van der Waals surface area contributed by atoms with E-state index in [9.17, 15) is 19.4 Å². The number of phosphoric acid groups is 1. The number of aliphatic hydroxyl groups excluding tert-OH is 1. The highest BCUT2D eigenvalue weighted by Gasteiger charge is 2.24. The zero-order valence-electron chi connectivity index (χ0n) is 40.0. The number of carbonyl (C=O) groups is 1. The Kier molecular flexibility index (Phi) is 42.0. The van der Waals surface area contributed by atoms with Gasteiger partial charge in [-0.3, -0.25) is 9.36 Å². The number of amides is 1. The molecule has 0 aliphatic rings. The maximum Gasteiger partial charge on any atom is 0.268 e. The molecule has 0 rings (SSSR count). The van der Waals surface area contributed by atoms with Crippen LogP contribution >= 0.6 is 7.82 Å². The molecule has 0 bridgehead atoms. The fourth-order valence-electron chi connectivity index (χ4n) is 7.68. The number of nitrogens with zero attached hydrogens (tertiary/aromatic N) is 1. The minimum Gasteiger partial charge on any atom is -0.756 e. The van der Waals surface area contributed by atoms with Crippen LogP contribution in [-0.2, 0) is 18.4 Å². The van der Waals surface area contributed by atoms with E-state index in [1.807, 2.05) is 21.1 Å². The van der Waals surface area contributed by atoms with E-state index in [2.05, 4.69) is 31.3 Å². The number of phosphoric ester groups is 1. The van der Waals surface area contributed by atoms with Crippen LogP contribution in [0.4, 0.5) is 0 Å². The molecular weight excluding hydrogens is 756 g/mol. The molecule has 0 saturated carbocycles. The molecule has 0 fully saturated rings. The van der Waals surface area contributed by atoms with Gasteiger partial charge in [0.2, 0.25) is 5.91 Å². The molecule has 352 valence electrons. The van der Waals surface area contributed by atoms with Crippen LogP contribution in [0.25, 0.3) is 0 Å². The number of quaternary nitrogens is 1. The van der Waals surface area contributed by atoms with Crippen LogP contribution < -0.4 is 10.2 Å². The van der Waals surface area contributed by atoms with Crippen LogP contribution in [0, 0.1) is 0 Å². The predicted octanol–water partition coefficient (Wildman–Crippen LogP) is 14.1. The van der Waals surface area contributed by atoms with E-state index in [-0.39, 0.29) is 19.1 Å². The summed E-state index contributed by atoms with van der Waals surface area (Å²) in [5, 5.41) is 14.0. The minimum absolute atomic E-state index is 0.0140. The van der Waals surface area contributed by atoms with E-state index in [0.717, 1.165) is 38.5 Å². The summed E-state index contributed by atoms with van der Waals surface area (Å²) >= 11 is 0. The molecule has 0 heterocycles. The van der Waals surface area contributed by atoms with Crippen LogP contribution in [-0.4, -0.2) is 68.5 Å². The first-order valence-electron chi connectivity index (χ1n) is 25.5. The topological polar surface area (TPSA) is 108 Å². The molecule has 1 amide bonds. The minimum atomic E-state index is -4.56. The lowest BCUT2D eigenvalue weighted by Crippen LogP contribution is -2.46. The van der Waals surface area contributed by atoms with Crippen LogP contribution in [0.2, 0.25) is 0 Å². The van der Waals surface area contributed by atoms with Crippen molar-refractivity contribution in [2.24, 2.45) is 0 Å². The molecule has 0 aliphatic heterocycles. The van der Waals surface area contributed by atoms with Crippen LogP contribution in [0.5, 0.6) is 0 Å². The van der Waals surface area contributed by atoms with Crippen molar-refractivity contribution >= 4 is 13.7 Å². The highest BCUT2D eigenvalue weighted by Crippen LogP contribution is 2.38. The largest absolute Gasteiger partial charge is 0.756 e. The van der Waals surface area contributed by atoms with Crippen molar-refractivity contribution in [3.8, 4) is 0 Å². The first-order valence-corrected chi connectivity index (χ1v) is 27.0. The first kappa shape index (κ1) is 58.2. The Morgan fingerprint density at radius 2 is 0.932 bits per heavy atom. The molecule has 59 heavy (non-hydrogen) atoms. The zero-order chi connectivity index (χ0) is 43.6. The Balaban J connectivity index is 4.24. The fourth-order valence-corrected chi connectivity index (χ4v) is 8.41. The molecule has 0 saturated heterocycles. The van der Waals surface area contributed by atoms with E-state index in [0.29, 0.717) is 23.9 Å². The van der Waals surface area contributed by atoms with Crippen molar-refractivity contribution in [2.45, 2.75) is 264 Å². The number of hydrogen-bond acceptors (Lipinski definition) is 6. The van der Waals surface area contributed by atoms with Gasteiger partial charge in [0.25, 0.3) is 7.82 Å². The SMILES string of the molecule is CCCCCCCCCC/C=C\CCCCCCCCCCCC(=O)NC(COP(=O)([O-])OCC[N+](C)(C)C)C(O)CCCCCCCCCCCCCCCCCC. The summed E-state index contributed by atoms with van der Waals surface area (Å²) in [6, 6.07) is -0.798. The molecule has 0 aromatic carbocycles. The zero-order valence-corrected chi connectivity index (χ0v) is 40.9. The Labute approximate surface area is 367 Å². The second-order valence-corrected chi connectivity index (χ2v) is 20.3. The van der Waals surface area contributed by atoms with E-state index < -0.39 is 20.0 Å². The first-order chi connectivity index (χ1) is 28.5. The van der Waals surface area contributed by atoms with E-state index in [4.69, 9.17) is 9.05 Å². The van der Waals surface area contributed by atoms with Gasteiger partial charge in [0.1, 0.15) is 13.2 Å². The molecule has 3 atom stereocenters. The summed E-state index contributed by atoms with van der Waals surface area (Å²) in [4.78, 5) is 25.4. The van der Waals surface area contributed by atoms with Crippen LogP contribution in [0.1, 0.15) is 251 Å². The number of carbonyl (C=O) groups excluding carboxylic acids is 1. The average molecular weight is 857 g/mol. The number of likely N-dealkylation sites (N-methyl/N-ethyl adjacent to an activating group) is 1. The van der Waals surface area contributed by atoms with Gasteiger partial charge in [-0.1, -0.05) is 219 Å². The maximum atomic E-state index is 12.9. The van der Waals surface area contributed by atoms with Crippen molar-refractivity contribution in [3.05, 3.63) is 12.2 Å². The van der Waals surface area contributed by atoms with Gasteiger partial charge >= 0.3 is 0 Å². The smallest absolute Gasteiger partial charge is 0.268 e. The Bertz CT molecular complexity index is 974. The summed E-state index contributed by atoms with van der Waals surface area (Å²) in [7, 11) is 1.31. The predicted molar refractivity (Wildman–Crippen MR) is 252 cm³/mol. The normalized spacial score (nSPS) is 14.2. The van der Waals surface area contributed by atoms with Crippen molar-refractivity contribution in [2.75, 3.05) is 40.9 Å². The third-order valence-corrected chi connectivity index (χ3v) is 12.7. The highest BCUT2D eigenvalue weighted by atomic mass is 31.2. The Morgan fingerprint density at radius 1 is 0.576 bits per heavy atom. The molecule has 8 nitrogen and oxygen atoms in total. The van der Waals surface area contributed by atoms with Gasteiger partial charge in [0, 0.05) is 6.42 Å². The standard InChI is InChI=1S/C50H101N2O6P/c1-6-8-10-12-14-16-18-20-22-24-25-26-27-28-30-32-34-36-38-40-42-44-50(54)51-48(47-58-59(55,56)57-46-45-52(3,4)5)49(53)43-41-39-37-35-33-31-29-23-21-19-17-15-13-11-9-7-2/h24-25,48-49,53H,6-23,26-47H2,1-5H3,(H-,51,54,55,56)/b25-24-. The van der Waals surface area contributed by atoms with E-state index in [1.54, 1.807) is 0 Å². The van der Waals surface area contributed by atoms with Gasteiger partial charge in [-0.05, 0) is 38.5 Å². The fraction of sp³-hybridized carbons (Fsp3) is 0.940. The second kappa shape index (κ2) is 42.5. The lowest BCUT2D eigenvalue weighted by atomic mass is 10.0. The lowest BCUT2D eigenvalue weighted by Gasteiger charge is -2.30. The molecule has 9 heteroatoms. The molecule has 0 aromatic rings. The second-order valence-electron chi connectivity index (χ2n) is 18.9. The third-order valence-electron chi connectivity index (χ3n) is 11.8.